The van der Waals surface area contributed by atoms with E-state index in [-0.39, 0.29) is 18.5 Å². The molecule has 1 aliphatic rings. The second-order valence-electron chi connectivity index (χ2n) is 5.69. The Hall–Kier alpha value is -1.92. The van der Waals surface area contributed by atoms with Crippen LogP contribution in [0.3, 0.4) is 0 Å². The summed E-state index contributed by atoms with van der Waals surface area (Å²) in [7, 11) is 0. The molecule has 2 unspecified atom stereocenters. The van der Waals surface area contributed by atoms with Crippen molar-refractivity contribution in [1.82, 2.24) is 10.6 Å². The second-order valence-corrected chi connectivity index (χ2v) is 5.69. The van der Waals surface area contributed by atoms with E-state index in [1.807, 2.05) is 24.3 Å². The Labute approximate surface area is 123 Å². The third-order valence-corrected chi connectivity index (χ3v) is 3.57. The number of carboxylic acids is 1. The molecular formula is C15H20N2O4. The fourth-order valence-electron chi connectivity index (χ4n) is 2.43. The van der Waals surface area contributed by atoms with E-state index in [0.29, 0.717) is 13.0 Å². The third-order valence-electron chi connectivity index (χ3n) is 3.57. The first-order chi connectivity index (χ1) is 9.87. The normalized spacial score (nSPS) is 20.2. The van der Waals surface area contributed by atoms with Crippen LogP contribution < -0.4 is 10.6 Å². The van der Waals surface area contributed by atoms with Crippen molar-refractivity contribution >= 4 is 11.9 Å². The molecule has 21 heavy (non-hydrogen) atoms. The summed E-state index contributed by atoms with van der Waals surface area (Å²) >= 11 is 0. The number of aliphatic hydroxyl groups is 1. The molecule has 2 atom stereocenters. The van der Waals surface area contributed by atoms with Crippen LogP contribution in [0.2, 0.25) is 0 Å². The summed E-state index contributed by atoms with van der Waals surface area (Å²) < 4.78 is 0. The van der Waals surface area contributed by atoms with Gasteiger partial charge in [0, 0.05) is 13.1 Å². The molecule has 0 aromatic heterocycles. The van der Waals surface area contributed by atoms with Gasteiger partial charge in [-0.25, -0.2) is 0 Å². The van der Waals surface area contributed by atoms with Gasteiger partial charge in [-0.2, -0.15) is 0 Å². The molecule has 0 bridgehead atoms. The van der Waals surface area contributed by atoms with E-state index in [0.717, 1.165) is 5.56 Å². The standard InChI is InChI=1S/C15H20N2O4/c1-15(21,7-13(18)19)9-17-14(20)12-6-10-4-2-3-5-11(10)8-16-12/h2-5,12,16,21H,6-9H2,1H3,(H,17,20)(H,18,19). The van der Waals surface area contributed by atoms with Crippen LogP contribution in [0, 0.1) is 0 Å². The Kier molecular flexibility index (Phi) is 4.59. The molecule has 6 heteroatoms. The van der Waals surface area contributed by atoms with Crippen LogP contribution in [0.1, 0.15) is 24.5 Å². The Morgan fingerprint density at radius 3 is 2.71 bits per heavy atom. The van der Waals surface area contributed by atoms with Crippen LogP contribution >= 0.6 is 0 Å². The van der Waals surface area contributed by atoms with Gasteiger partial charge in [0.1, 0.15) is 0 Å². The van der Waals surface area contributed by atoms with Crippen molar-refractivity contribution in [2.24, 2.45) is 0 Å². The van der Waals surface area contributed by atoms with Crippen LogP contribution in [0.5, 0.6) is 0 Å². The number of carbonyl (C=O) groups is 2. The summed E-state index contributed by atoms with van der Waals surface area (Å²) in [6.07, 6.45) is 0.178. The van der Waals surface area contributed by atoms with Gasteiger partial charge in [-0.05, 0) is 24.5 Å². The smallest absolute Gasteiger partial charge is 0.306 e. The minimum Gasteiger partial charge on any atom is -0.481 e. The SMILES string of the molecule is CC(O)(CNC(=O)C1Cc2ccccc2CN1)CC(=O)O. The molecule has 114 valence electrons. The van der Waals surface area contributed by atoms with E-state index in [1.54, 1.807) is 0 Å². The van der Waals surface area contributed by atoms with Crippen molar-refractivity contribution < 1.29 is 19.8 Å². The van der Waals surface area contributed by atoms with Crippen LogP contribution in [-0.4, -0.2) is 40.3 Å². The van der Waals surface area contributed by atoms with Gasteiger partial charge in [-0.3, -0.25) is 9.59 Å². The maximum Gasteiger partial charge on any atom is 0.306 e. The van der Waals surface area contributed by atoms with Gasteiger partial charge in [0.15, 0.2) is 0 Å². The van der Waals surface area contributed by atoms with E-state index < -0.39 is 18.0 Å². The molecule has 0 saturated carbocycles. The topological polar surface area (TPSA) is 98.7 Å². The molecule has 1 aromatic carbocycles. The molecule has 4 N–H and O–H groups in total. The zero-order chi connectivity index (χ0) is 15.5. The lowest BCUT2D eigenvalue weighted by molar-refractivity contribution is -0.142. The number of carbonyl (C=O) groups excluding carboxylic acids is 1. The van der Waals surface area contributed by atoms with Crippen LogP contribution in [0.25, 0.3) is 0 Å². The number of aliphatic carboxylic acids is 1. The summed E-state index contributed by atoms with van der Waals surface area (Å²) in [5.74, 6) is -1.32. The Morgan fingerprint density at radius 2 is 2.05 bits per heavy atom. The predicted octanol–water partition coefficient (Wildman–Crippen LogP) is 0.0428. The molecule has 0 aliphatic carbocycles. The van der Waals surface area contributed by atoms with Gasteiger partial charge in [0.2, 0.25) is 5.91 Å². The molecule has 1 heterocycles. The highest BCUT2D eigenvalue weighted by Crippen LogP contribution is 2.16. The van der Waals surface area contributed by atoms with Crippen molar-refractivity contribution in [3.8, 4) is 0 Å². The number of hydrogen-bond donors (Lipinski definition) is 4. The number of benzene rings is 1. The zero-order valence-electron chi connectivity index (χ0n) is 11.9. The van der Waals surface area contributed by atoms with Crippen molar-refractivity contribution in [3.63, 3.8) is 0 Å². The first-order valence-electron chi connectivity index (χ1n) is 6.89. The maximum atomic E-state index is 12.1. The summed E-state index contributed by atoms with van der Waals surface area (Å²) in [4.78, 5) is 22.7. The molecule has 2 rings (SSSR count). The molecule has 0 fully saturated rings. The van der Waals surface area contributed by atoms with Gasteiger partial charge in [0.05, 0.1) is 18.1 Å². The average molecular weight is 292 g/mol. The highest BCUT2D eigenvalue weighted by atomic mass is 16.4. The monoisotopic (exact) mass is 292 g/mol. The minimum atomic E-state index is -1.45. The lowest BCUT2D eigenvalue weighted by atomic mass is 9.95. The highest BCUT2D eigenvalue weighted by Gasteiger charge is 2.28. The average Bonchev–Trinajstić information content (AvgIpc) is 2.43. The predicted molar refractivity (Wildman–Crippen MR) is 76.7 cm³/mol. The molecule has 6 nitrogen and oxygen atoms in total. The number of amides is 1. The third kappa shape index (κ3) is 4.27. The van der Waals surface area contributed by atoms with Gasteiger partial charge >= 0.3 is 5.97 Å². The largest absolute Gasteiger partial charge is 0.481 e. The summed E-state index contributed by atoms with van der Waals surface area (Å²) in [5.41, 5.74) is 0.863. The number of carboxylic acid groups (broad SMARTS) is 1. The first kappa shape index (κ1) is 15.5. The van der Waals surface area contributed by atoms with Gasteiger partial charge in [-0.15, -0.1) is 0 Å². The molecule has 0 radical (unpaired) electrons. The van der Waals surface area contributed by atoms with Crippen LogP contribution in [0.15, 0.2) is 24.3 Å². The quantitative estimate of drug-likeness (QED) is 0.614. The van der Waals surface area contributed by atoms with E-state index in [2.05, 4.69) is 10.6 Å². The van der Waals surface area contributed by atoms with Crippen LogP contribution in [0.4, 0.5) is 0 Å². The van der Waals surface area contributed by atoms with E-state index >= 15 is 0 Å². The second kappa shape index (κ2) is 6.24. The Bertz CT molecular complexity index is 542. The molecule has 0 spiro atoms. The first-order valence-corrected chi connectivity index (χ1v) is 6.89. The number of hydrogen-bond acceptors (Lipinski definition) is 4. The molecular weight excluding hydrogens is 272 g/mol. The fourth-order valence-corrected chi connectivity index (χ4v) is 2.43. The summed E-state index contributed by atoms with van der Waals surface area (Å²) in [6, 6.07) is 7.56. The van der Waals surface area contributed by atoms with Gasteiger partial charge in [0.25, 0.3) is 0 Å². The minimum absolute atomic E-state index is 0.0854. The molecule has 1 aliphatic heterocycles. The van der Waals surface area contributed by atoms with Crippen molar-refractivity contribution in [3.05, 3.63) is 35.4 Å². The number of fused-ring (bicyclic) bond motifs is 1. The summed E-state index contributed by atoms with van der Waals surface area (Å²) in [6.45, 7) is 1.93. The fraction of sp³-hybridized carbons (Fsp3) is 0.467. The van der Waals surface area contributed by atoms with Crippen molar-refractivity contribution in [1.29, 1.82) is 0 Å². The lowest BCUT2D eigenvalue weighted by Crippen LogP contribution is -2.51. The number of rotatable bonds is 5. The van der Waals surface area contributed by atoms with E-state index in [1.165, 1.54) is 12.5 Å². The summed E-state index contributed by atoms with van der Waals surface area (Å²) in [5, 5.41) is 24.3. The Balaban J connectivity index is 1.89. The number of nitrogens with one attached hydrogen (secondary N) is 2. The lowest BCUT2D eigenvalue weighted by Gasteiger charge is -2.27. The van der Waals surface area contributed by atoms with Gasteiger partial charge < -0.3 is 20.8 Å². The van der Waals surface area contributed by atoms with E-state index in [9.17, 15) is 14.7 Å². The van der Waals surface area contributed by atoms with Gasteiger partial charge in [-0.1, -0.05) is 24.3 Å². The zero-order valence-corrected chi connectivity index (χ0v) is 11.9. The van der Waals surface area contributed by atoms with E-state index in [4.69, 9.17) is 5.11 Å². The molecule has 1 amide bonds. The molecule has 0 saturated heterocycles. The van der Waals surface area contributed by atoms with Crippen molar-refractivity contribution in [2.45, 2.75) is 38.0 Å². The molecule has 1 aromatic rings. The maximum absolute atomic E-state index is 12.1. The Morgan fingerprint density at radius 1 is 1.38 bits per heavy atom. The van der Waals surface area contributed by atoms with Crippen molar-refractivity contribution in [2.75, 3.05) is 6.54 Å². The highest BCUT2D eigenvalue weighted by molar-refractivity contribution is 5.82. The van der Waals surface area contributed by atoms with Crippen LogP contribution in [-0.2, 0) is 22.6 Å².